The van der Waals surface area contributed by atoms with Crippen LogP contribution in [-0.4, -0.2) is 28.6 Å². The standard InChI is InChI=1S/C17H17FN2O3/c1-9-14-11(10-3-4-10)7-12(17(22)23)16(21)20(14)8-13(18)15(9)19-5-2-6-19/h7-8,10H,2-6H2,1H3,(H,22,23). The molecule has 0 bridgehead atoms. The molecule has 0 radical (unpaired) electrons. The van der Waals surface area contributed by atoms with Crippen LogP contribution in [0.15, 0.2) is 17.1 Å². The van der Waals surface area contributed by atoms with E-state index in [1.54, 1.807) is 0 Å². The molecule has 0 amide bonds. The minimum absolute atomic E-state index is 0.261. The summed E-state index contributed by atoms with van der Waals surface area (Å²) in [5.74, 6) is -1.48. The van der Waals surface area contributed by atoms with Crippen LogP contribution in [0.3, 0.4) is 0 Å². The molecule has 1 aliphatic heterocycles. The quantitative estimate of drug-likeness (QED) is 0.945. The molecular formula is C17H17FN2O3. The van der Waals surface area contributed by atoms with Gasteiger partial charge in [-0.1, -0.05) is 0 Å². The highest BCUT2D eigenvalue weighted by molar-refractivity contribution is 5.89. The van der Waals surface area contributed by atoms with Gasteiger partial charge < -0.3 is 10.0 Å². The van der Waals surface area contributed by atoms with Gasteiger partial charge in [0.15, 0.2) is 5.82 Å². The van der Waals surface area contributed by atoms with Crippen molar-refractivity contribution in [2.75, 3.05) is 18.0 Å². The Morgan fingerprint density at radius 3 is 2.57 bits per heavy atom. The molecule has 23 heavy (non-hydrogen) atoms. The highest BCUT2D eigenvalue weighted by atomic mass is 19.1. The Balaban J connectivity index is 2.09. The third-order valence-corrected chi connectivity index (χ3v) is 4.86. The Morgan fingerprint density at radius 1 is 1.35 bits per heavy atom. The van der Waals surface area contributed by atoms with Crippen molar-refractivity contribution in [1.82, 2.24) is 4.40 Å². The number of hydrogen-bond donors (Lipinski definition) is 1. The van der Waals surface area contributed by atoms with E-state index < -0.39 is 17.3 Å². The van der Waals surface area contributed by atoms with Crippen LogP contribution >= 0.6 is 0 Å². The van der Waals surface area contributed by atoms with Crippen LogP contribution < -0.4 is 10.5 Å². The first-order chi connectivity index (χ1) is 11.0. The highest BCUT2D eigenvalue weighted by Gasteiger charge is 2.31. The topological polar surface area (TPSA) is 62.0 Å². The first-order valence-corrected chi connectivity index (χ1v) is 7.85. The first-order valence-electron chi connectivity index (χ1n) is 7.85. The number of aromatic nitrogens is 1. The molecule has 2 aliphatic rings. The van der Waals surface area contributed by atoms with Crippen LogP contribution in [0.2, 0.25) is 0 Å². The first kappa shape index (κ1) is 14.2. The molecule has 1 N–H and O–H groups in total. The molecule has 120 valence electrons. The molecule has 0 aromatic carbocycles. The third-order valence-electron chi connectivity index (χ3n) is 4.86. The largest absolute Gasteiger partial charge is 0.477 e. The van der Waals surface area contributed by atoms with Crippen molar-refractivity contribution in [1.29, 1.82) is 0 Å². The zero-order valence-corrected chi connectivity index (χ0v) is 12.8. The number of pyridine rings is 2. The SMILES string of the molecule is Cc1c(N2CCC2)c(F)cn2c(=O)c(C(=O)O)cc(C3CC3)c12. The van der Waals surface area contributed by atoms with Gasteiger partial charge in [0, 0.05) is 13.1 Å². The van der Waals surface area contributed by atoms with Crippen molar-refractivity contribution in [3.63, 3.8) is 0 Å². The summed E-state index contributed by atoms with van der Waals surface area (Å²) >= 11 is 0. The van der Waals surface area contributed by atoms with Gasteiger partial charge in [-0.15, -0.1) is 0 Å². The van der Waals surface area contributed by atoms with E-state index in [9.17, 15) is 19.1 Å². The smallest absolute Gasteiger partial charge is 0.341 e. The van der Waals surface area contributed by atoms with Crippen LogP contribution in [0.25, 0.3) is 5.52 Å². The Labute approximate surface area is 132 Å². The van der Waals surface area contributed by atoms with E-state index in [-0.39, 0.29) is 11.5 Å². The number of nitrogens with zero attached hydrogens (tertiary/aromatic N) is 2. The summed E-state index contributed by atoms with van der Waals surface area (Å²) in [6.07, 6.45) is 4.13. The average Bonchev–Trinajstić information content (AvgIpc) is 3.26. The molecule has 1 saturated heterocycles. The molecule has 1 saturated carbocycles. The van der Waals surface area contributed by atoms with Crippen LogP contribution in [0.5, 0.6) is 0 Å². The number of fused-ring (bicyclic) bond motifs is 1. The molecular weight excluding hydrogens is 299 g/mol. The predicted molar refractivity (Wildman–Crippen MR) is 84.1 cm³/mol. The van der Waals surface area contributed by atoms with Crippen molar-refractivity contribution in [2.24, 2.45) is 0 Å². The fourth-order valence-electron chi connectivity index (χ4n) is 3.43. The summed E-state index contributed by atoms with van der Waals surface area (Å²) in [5.41, 5.74) is 1.82. The van der Waals surface area contributed by atoms with Gasteiger partial charge in [-0.3, -0.25) is 9.20 Å². The highest BCUT2D eigenvalue weighted by Crippen LogP contribution is 2.44. The minimum Gasteiger partial charge on any atom is -0.477 e. The molecule has 0 spiro atoms. The van der Waals surface area contributed by atoms with Crippen molar-refractivity contribution in [3.05, 3.63) is 45.1 Å². The summed E-state index contributed by atoms with van der Waals surface area (Å²) in [6, 6.07) is 1.49. The van der Waals surface area contributed by atoms with E-state index in [0.717, 1.165) is 49.7 Å². The summed E-state index contributed by atoms with van der Waals surface area (Å²) < 4.78 is 15.7. The minimum atomic E-state index is -1.27. The van der Waals surface area contributed by atoms with Gasteiger partial charge in [0.1, 0.15) is 5.56 Å². The molecule has 1 aliphatic carbocycles. The second-order valence-corrected chi connectivity index (χ2v) is 6.41. The zero-order valence-electron chi connectivity index (χ0n) is 12.8. The molecule has 0 unspecified atom stereocenters. The van der Waals surface area contributed by atoms with E-state index in [1.807, 2.05) is 11.8 Å². The lowest BCUT2D eigenvalue weighted by Gasteiger charge is -2.35. The van der Waals surface area contributed by atoms with Crippen LogP contribution in [0.1, 0.15) is 46.7 Å². The maximum absolute atomic E-state index is 14.6. The summed E-state index contributed by atoms with van der Waals surface area (Å²) in [6.45, 7) is 3.44. The molecule has 5 nitrogen and oxygen atoms in total. The van der Waals surface area contributed by atoms with Gasteiger partial charge in [0.25, 0.3) is 5.56 Å². The fraction of sp³-hybridized carbons (Fsp3) is 0.412. The Bertz CT molecular complexity index is 895. The van der Waals surface area contributed by atoms with E-state index in [1.165, 1.54) is 10.5 Å². The lowest BCUT2D eigenvalue weighted by molar-refractivity contribution is 0.0694. The number of carboxylic acid groups (broad SMARTS) is 1. The molecule has 2 fully saturated rings. The molecule has 0 atom stereocenters. The Kier molecular flexibility index (Phi) is 2.98. The summed E-state index contributed by atoms with van der Waals surface area (Å²) in [7, 11) is 0. The lowest BCUT2D eigenvalue weighted by Crippen LogP contribution is -2.38. The van der Waals surface area contributed by atoms with Gasteiger partial charge in [-0.05, 0) is 49.3 Å². The van der Waals surface area contributed by atoms with Gasteiger partial charge in [0.05, 0.1) is 17.4 Å². The van der Waals surface area contributed by atoms with Gasteiger partial charge in [-0.2, -0.15) is 0 Å². The Hall–Kier alpha value is -2.37. The van der Waals surface area contributed by atoms with Gasteiger partial charge in [0.2, 0.25) is 0 Å². The van der Waals surface area contributed by atoms with E-state index in [4.69, 9.17) is 0 Å². The second-order valence-electron chi connectivity index (χ2n) is 6.41. The molecule has 2 aromatic rings. The number of hydrogen-bond acceptors (Lipinski definition) is 3. The summed E-state index contributed by atoms with van der Waals surface area (Å²) in [5, 5.41) is 9.27. The van der Waals surface area contributed by atoms with E-state index >= 15 is 0 Å². The number of anilines is 1. The van der Waals surface area contributed by atoms with Crippen molar-refractivity contribution < 1.29 is 14.3 Å². The number of halogens is 1. The molecule has 2 aromatic heterocycles. The maximum atomic E-state index is 14.6. The van der Waals surface area contributed by atoms with Crippen LogP contribution in [0.4, 0.5) is 10.1 Å². The predicted octanol–water partition coefficient (Wildman–Crippen LogP) is 2.53. The number of aryl methyl sites for hydroxylation is 1. The van der Waals surface area contributed by atoms with Crippen LogP contribution in [0, 0.1) is 12.7 Å². The van der Waals surface area contributed by atoms with E-state index in [0.29, 0.717) is 11.2 Å². The Morgan fingerprint density at radius 2 is 2.04 bits per heavy atom. The second kappa shape index (κ2) is 4.81. The average molecular weight is 316 g/mol. The zero-order chi connectivity index (χ0) is 16.3. The van der Waals surface area contributed by atoms with Gasteiger partial charge >= 0.3 is 5.97 Å². The van der Waals surface area contributed by atoms with E-state index in [2.05, 4.69) is 0 Å². The number of carbonyl (C=O) groups is 1. The van der Waals surface area contributed by atoms with Crippen molar-refractivity contribution in [2.45, 2.75) is 32.1 Å². The molecule has 6 heteroatoms. The van der Waals surface area contributed by atoms with Gasteiger partial charge in [-0.25, -0.2) is 9.18 Å². The normalized spacial score (nSPS) is 17.4. The third kappa shape index (κ3) is 2.04. The number of rotatable bonds is 3. The number of aromatic carboxylic acids is 1. The van der Waals surface area contributed by atoms with Crippen LogP contribution in [-0.2, 0) is 0 Å². The molecule has 4 rings (SSSR count). The maximum Gasteiger partial charge on any atom is 0.341 e. The summed E-state index contributed by atoms with van der Waals surface area (Å²) in [4.78, 5) is 25.8. The monoisotopic (exact) mass is 316 g/mol. The van der Waals surface area contributed by atoms with Crippen molar-refractivity contribution in [3.8, 4) is 0 Å². The van der Waals surface area contributed by atoms with Crippen molar-refractivity contribution >= 4 is 17.2 Å². The fourth-order valence-corrected chi connectivity index (χ4v) is 3.43. The lowest BCUT2D eigenvalue weighted by atomic mass is 10.0. The molecule has 3 heterocycles. The number of carboxylic acids is 1.